The average molecular weight is 862 g/mol. The minimum atomic E-state index is -0.517. The molecular formula is C66H55N. The van der Waals surface area contributed by atoms with Crippen molar-refractivity contribution in [2.24, 2.45) is 17.8 Å². The van der Waals surface area contributed by atoms with Crippen molar-refractivity contribution in [3.8, 4) is 44.5 Å². The van der Waals surface area contributed by atoms with E-state index in [2.05, 4.69) is 236 Å². The zero-order valence-corrected chi connectivity index (χ0v) is 38.3. The van der Waals surface area contributed by atoms with Crippen molar-refractivity contribution in [1.82, 2.24) is 0 Å². The molecule has 0 radical (unpaired) electrons. The first kappa shape index (κ1) is 40.1. The van der Waals surface area contributed by atoms with Crippen molar-refractivity contribution in [3.05, 3.63) is 258 Å². The van der Waals surface area contributed by atoms with Gasteiger partial charge in [0.2, 0.25) is 0 Å². The Bertz CT molecular complexity index is 3200. The summed E-state index contributed by atoms with van der Waals surface area (Å²) in [6.45, 7) is 2.28. The smallest absolute Gasteiger partial charge is 0.0714 e. The largest absolute Gasteiger partial charge is 0.310 e. The van der Waals surface area contributed by atoms with Crippen LogP contribution in [-0.2, 0) is 10.8 Å². The summed E-state index contributed by atoms with van der Waals surface area (Å²) in [4.78, 5) is 2.57. The zero-order chi connectivity index (χ0) is 44.5. The molecule has 0 unspecified atom stereocenters. The van der Waals surface area contributed by atoms with Crippen molar-refractivity contribution in [1.29, 1.82) is 0 Å². The van der Waals surface area contributed by atoms with E-state index in [-0.39, 0.29) is 0 Å². The van der Waals surface area contributed by atoms with E-state index in [0.717, 1.165) is 29.1 Å². The van der Waals surface area contributed by atoms with E-state index in [1.54, 1.807) is 5.56 Å². The Morgan fingerprint density at radius 1 is 0.373 bits per heavy atom. The van der Waals surface area contributed by atoms with E-state index < -0.39 is 5.41 Å². The van der Waals surface area contributed by atoms with Crippen LogP contribution in [0.15, 0.2) is 224 Å². The molecule has 5 aliphatic carbocycles. The fourth-order valence-corrected chi connectivity index (χ4v) is 14.1. The molecule has 14 rings (SSSR count). The second-order valence-corrected chi connectivity index (χ2v) is 20.3. The minimum Gasteiger partial charge on any atom is -0.310 e. The molecule has 324 valence electrons. The van der Waals surface area contributed by atoms with Crippen LogP contribution in [0.2, 0.25) is 0 Å². The molecule has 0 amide bonds. The first-order valence-corrected chi connectivity index (χ1v) is 24.7. The summed E-state index contributed by atoms with van der Waals surface area (Å²) in [6.07, 6.45) is 8.44. The third-order valence-electron chi connectivity index (χ3n) is 16.5. The Labute approximate surface area is 396 Å². The number of fused-ring (bicyclic) bond motifs is 3. The minimum absolute atomic E-state index is 0.323. The van der Waals surface area contributed by atoms with Crippen molar-refractivity contribution in [2.45, 2.75) is 56.3 Å². The normalized spacial score (nSPS) is 20.6. The maximum atomic E-state index is 2.57. The summed E-state index contributed by atoms with van der Waals surface area (Å²) < 4.78 is 0. The summed E-state index contributed by atoms with van der Waals surface area (Å²) in [6, 6.07) is 84.5. The Morgan fingerprint density at radius 2 is 0.866 bits per heavy atom. The van der Waals surface area contributed by atoms with Crippen molar-refractivity contribution in [2.75, 3.05) is 4.90 Å². The van der Waals surface area contributed by atoms with Crippen LogP contribution < -0.4 is 4.90 Å². The van der Waals surface area contributed by atoms with Gasteiger partial charge in [-0.3, -0.25) is 0 Å². The van der Waals surface area contributed by atoms with Crippen LogP contribution in [0.4, 0.5) is 17.1 Å². The summed E-state index contributed by atoms with van der Waals surface area (Å²) >= 11 is 0. The van der Waals surface area contributed by atoms with Crippen molar-refractivity contribution < 1.29 is 0 Å². The maximum Gasteiger partial charge on any atom is 0.0714 e. The number of para-hydroxylation sites is 1. The number of benzene rings is 9. The van der Waals surface area contributed by atoms with Crippen LogP contribution in [0.1, 0.15) is 71.9 Å². The van der Waals surface area contributed by atoms with E-state index in [9.17, 15) is 0 Å². The Hall–Kier alpha value is -7.22. The molecular weight excluding hydrogens is 807 g/mol. The van der Waals surface area contributed by atoms with Crippen LogP contribution in [0, 0.1) is 24.7 Å². The molecule has 0 heterocycles. The third kappa shape index (κ3) is 6.42. The van der Waals surface area contributed by atoms with E-state index in [1.165, 1.54) is 117 Å². The molecule has 0 spiro atoms. The van der Waals surface area contributed by atoms with Crippen LogP contribution in [-0.4, -0.2) is 0 Å². The summed E-state index contributed by atoms with van der Waals surface area (Å²) in [5.41, 5.74) is 21.3. The predicted molar refractivity (Wildman–Crippen MR) is 279 cm³/mol. The van der Waals surface area contributed by atoms with Gasteiger partial charge < -0.3 is 4.90 Å². The number of aryl methyl sites for hydroxylation is 1. The molecule has 4 saturated carbocycles. The summed E-state index contributed by atoms with van der Waals surface area (Å²) in [5, 5.41) is 0. The highest BCUT2D eigenvalue weighted by Crippen LogP contribution is 2.62. The van der Waals surface area contributed by atoms with Crippen molar-refractivity contribution in [3.63, 3.8) is 0 Å². The van der Waals surface area contributed by atoms with Gasteiger partial charge in [-0.2, -0.15) is 0 Å². The lowest BCUT2D eigenvalue weighted by Gasteiger charge is -2.57. The van der Waals surface area contributed by atoms with E-state index in [0.29, 0.717) is 5.41 Å². The lowest BCUT2D eigenvalue weighted by atomic mass is 9.48. The number of hydrogen-bond donors (Lipinski definition) is 0. The highest BCUT2D eigenvalue weighted by Gasteiger charge is 2.52. The highest BCUT2D eigenvalue weighted by atomic mass is 15.1. The van der Waals surface area contributed by atoms with Gasteiger partial charge in [0.05, 0.1) is 11.1 Å². The number of nitrogens with zero attached hydrogens (tertiary/aromatic N) is 1. The van der Waals surface area contributed by atoms with E-state index >= 15 is 0 Å². The topological polar surface area (TPSA) is 3.24 Å². The Morgan fingerprint density at radius 3 is 1.48 bits per heavy atom. The van der Waals surface area contributed by atoms with Gasteiger partial charge in [-0.15, -0.1) is 0 Å². The van der Waals surface area contributed by atoms with Gasteiger partial charge in [-0.05, 0) is 171 Å². The maximum absolute atomic E-state index is 2.57. The monoisotopic (exact) mass is 861 g/mol. The SMILES string of the molecule is Cc1cccc2c1-c1ccc(N(c3ccc(C45CC6CC(CC(C6)C4)C5)cc3)c3ccccc3-c3ccccc3-c3ccccc3-c3ccccc3)cc1C2(c1ccccc1)c1ccccc1. The fraction of sp³-hybridized carbons (Fsp3) is 0.182. The van der Waals surface area contributed by atoms with E-state index in [4.69, 9.17) is 0 Å². The van der Waals surface area contributed by atoms with Crippen LogP contribution >= 0.6 is 0 Å². The van der Waals surface area contributed by atoms with Crippen LogP contribution in [0.25, 0.3) is 44.5 Å². The van der Waals surface area contributed by atoms with Gasteiger partial charge in [-0.1, -0.05) is 194 Å². The van der Waals surface area contributed by atoms with Gasteiger partial charge in [0.25, 0.3) is 0 Å². The molecule has 1 nitrogen and oxygen atoms in total. The number of rotatable bonds is 9. The first-order valence-electron chi connectivity index (χ1n) is 24.7. The van der Waals surface area contributed by atoms with Crippen molar-refractivity contribution >= 4 is 17.1 Å². The zero-order valence-electron chi connectivity index (χ0n) is 38.3. The predicted octanol–water partition coefficient (Wildman–Crippen LogP) is 17.3. The highest BCUT2D eigenvalue weighted by molar-refractivity contribution is 5.98. The molecule has 0 aromatic heterocycles. The Kier molecular flexibility index (Phi) is 9.57. The number of hydrogen-bond acceptors (Lipinski definition) is 1. The van der Waals surface area contributed by atoms with Crippen LogP contribution in [0.5, 0.6) is 0 Å². The van der Waals surface area contributed by atoms with Gasteiger partial charge in [-0.25, -0.2) is 0 Å². The molecule has 0 atom stereocenters. The van der Waals surface area contributed by atoms with Gasteiger partial charge in [0.15, 0.2) is 0 Å². The van der Waals surface area contributed by atoms with Gasteiger partial charge in [0, 0.05) is 16.9 Å². The van der Waals surface area contributed by atoms with Gasteiger partial charge in [0.1, 0.15) is 0 Å². The summed E-state index contributed by atoms with van der Waals surface area (Å²) in [7, 11) is 0. The fourth-order valence-electron chi connectivity index (χ4n) is 14.1. The lowest BCUT2D eigenvalue weighted by Crippen LogP contribution is -2.48. The lowest BCUT2D eigenvalue weighted by molar-refractivity contribution is -0.00518. The molecule has 4 bridgehead atoms. The molecule has 4 fully saturated rings. The molecule has 0 saturated heterocycles. The molecule has 1 heteroatoms. The second-order valence-electron chi connectivity index (χ2n) is 20.3. The quantitative estimate of drug-likeness (QED) is 0.140. The second kappa shape index (κ2) is 16.0. The standard InChI is InChI=1S/C66H55N/c1-45-18-17-30-61-64(45)60-37-36-54(41-62(60)66(61,51-21-7-3-8-22-51)52-23-9-4-10-24-52)67(53-34-32-50(33-35-53)65-42-46-38-47(43-65)40-48(39-46)44-65)63-31-16-15-29-59(63)58-28-14-13-27-57(58)56-26-12-11-25-55(56)49-19-5-2-6-20-49/h2-37,41,46-48H,38-40,42-44H2,1H3. The number of anilines is 3. The molecule has 9 aromatic rings. The Balaban J connectivity index is 1.04. The molecule has 0 aliphatic heterocycles. The van der Waals surface area contributed by atoms with E-state index in [1.807, 2.05) is 0 Å². The average Bonchev–Trinajstić information content (AvgIpc) is 3.68. The summed E-state index contributed by atoms with van der Waals surface area (Å²) in [5.74, 6) is 2.69. The molecule has 5 aliphatic rings. The molecule has 9 aromatic carbocycles. The third-order valence-corrected chi connectivity index (χ3v) is 16.5. The molecule has 67 heavy (non-hydrogen) atoms. The van der Waals surface area contributed by atoms with Crippen LogP contribution in [0.3, 0.4) is 0 Å². The van der Waals surface area contributed by atoms with Gasteiger partial charge >= 0.3 is 0 Å². The molecule has 0 N–H and O–H groups in total. The first-order chi connectivity index (χ1) is 33.1.